The number of methoxy groups -OCH3 is 1. The van der Waals surface area contributed by atoms with Gasteiger partial charge in [0.05, 0.1) is 6.61 Å². The standard InChI is InChI=1S/C13H18ClN3O2/c1-15-12-6-10(5-11(14)16-12)13(18)17-4-3-9(7-17)8-19-2/h5-6,9H,3-4,7-8H2,1-2H3,(H,15,16). The summed E-state index contributed by atoms with van der Waals surface area (Å²) in [6.07, 6.45) is 0.983. The van der Waals surface area contributed by atoms with Crippen molar-refractivity contribution in [3.63, 3.8) is 0 Å². The van der Waals surface area contributed by atoms with Crippen LogP contribution >= 0.6 is 11.6 Å². The molecule has 6 heteroatoms. The Hall–Kier alpha value is -1.33. The molecular weight excluding hydrogens is 266 g/mol. The third-order valence-electron chi connectivity index (χ3n) is 3.27. The Morgan fingerprint density at radius 2 is 2.42 bits per heavy atom. The maximum Gasteiger partial charge on any atom is 0.254 e. The van der Waals surface area contributed by atoms with E-state index in [0.29, 0.717) is 29.1 Å². The Bertz CT molecular complexity index is 467. The molecule has 2 heterocycles. The lowest BCUT2D eigenvalue weighted by atomic mass is 10.1. The predicted octanol–water partition coefficient (Wildman–Crippen LogP) is 1.89. The van der Waals surface area contributed by atoms with Crippen LogP contribution in [0.25, 0.3) is 0 Å². The molecule has 1 aliphatic heterocycles. The number of carbonyl (C=O) groups excluding carboxylic acids is 1. The van der Waals surface area contributed by atoms with Crippen LogP contribution in [0.4, 0.5) is 5.82 Å². The molecule has 0 bridgehead atoms. The van der Waals surface area contributed by atoms with Gasteiger partial charge in [0.2, 0.25) is 0 Å². The molecule has 1 atom stereocenters. The normalized spacial score (nSPS) is 18.7. The third-order valence-corrected chi connectivity index (χ3v) is 3.47. The molecule has 0 spiro atoms. The Morgan fingerprint density at radius 3 is 3.11 bits per heavy atom. The SMILES string of the molecule is CNc1cc(C(=O)N2CCC(COC)C2)cc(Cl)n1. The number of pyridine rings is 1. The van der Waals surface area contributed by atoms with Gasteiger partial charge >= 0.3 is 0 Å². The number of hydrogen-bond acceptors (Lipinski definition) is 4. The highest BCUT2D eigenvalue weighted by atomic mass is 35.5. The minimum Gasteiger partial charge on any atom is -0.384 e. The van der Waals surface area contributed by atoms with E-state index >= 15 is 0 Å². The fourth-order valence-electron chi connectivity index (χ4n) is 2.32. The largest absolute Gasteiger partial charge is 0.384 e. The number of nitrogens with zero attached hydrogens (tertiary/aromatic N) is 2. The molecule has 1 unspecified atom stereocenters. The Labute approximate surface area is 117 Å². The fourth-order valence-corrected chi connectivity index (χ4v) is 2.53. The van der Waals surface area contributed by atoms with Crippen molar-refractivity contribution in [2.75, 3.05) is 39.2 Å². The summed E-state index contributed by atoms with van der Waals surface area (Å²) < 4.78 is 5.14. The van der Waals surface area contributed by atoms with Crippen LogP contribution in [-0.4, -0.2) is 49.6 Å². The minimum atomic E-state index is -0.000553. The summed E-state index contributed by atoms with van der Waals surface area (Å²) in [5, 5.41) is 3.22. The number of hydrogen-bond donors (Lipinski definition) is 1. The third kappa shape index (κ3) is 3.36. The first-order chi connectivity index (χ1) is 9.13. The van der Waals surface area contributed by atoms with Crippen molar-refractivity contribution in [1.82, 2.24) is 9.88 Å². The maximum absolute atomic E-state index is 12.4. The fraction of sp³-hybridized carbons (Fsp3) is 0.538. The van der Waals surface area contributed by atoms with Gasteiger partial charge in [0.1, 0.15) is 11.0 Å². The molecule has 0 radical (unpaired) electrons. The monoisotopic (exact) mass is 283 g/mol. The minimum absolute atomic E-state index is 0.000553. The molecule has 0 aliphatic carbocycles. The van der Waals surface area contributed by atoms with E-state index in [1.54, 1.807) is 26.3 Å². The van der Waals surface area contributed by atoms with E-state index in [1.165, 1.54) is 0 Å². The van der Waals surface area contributed by atoms with Crippen molar-refractivity contribution < 1.29 is 9.53 Å². The summed E-state index contributed by atoms with van der Waals surface area (Å²) in [6.45, 7) is 2.20. The van der Waals surface area contributed by atoms with Crippen LogP contribution < -0.4 is 5.32 Å². The van der Waals surface area contributed by atoms with Crippen LogP contribution in [0.2, 0.25) is 5.15 Å². The van der Waals surface area contributed by atoms with Crippen LogP contribution in [0.5, 0.6) is 0 Å². The van der Waals surface area contributed by atoms with Gasteiger partial charge in [0.15, 0.2) is 0 Å². The van der Waals surface area contributed by atoms with E-state index < -0.39 is 0 Å². The van der Waals surface area contributed by atoms with Gasteiger partial charge in [-0.1, -0.05) is 11.6 Å². The van der Waals surface area contributed by atoms with E-state index in [9.17, 15) is 4.79 Å². The maximum atomic E-state index is 12.4. The van der Waals surface area contributed by atoms with E-state index in [2.05, 4.69) is 10.3 Å². The zero-order valence-corrected chi connectivity index (χ0v) is 11.9. The summed E-state index contributed by atoms with van der Waals surface area (Å²) in [4.78, 5) is 18.3. The summed E-state index contributed by atoms with van der Waals surface area (Å²) in [7, 11) is 3.43. The molecule has 0 saturated carbocycles. The topological polar surface area (TPSA) is 54.5 Å². The number of carbonyl (C=O) groups is 1. The van der Waals surface area contributed by atoms with Crippen molar-refractivity contribution in [3.05, 3.63) is 22.8 Å². The first-order valence-corrected chi connectivity index (χ1v) is 6.65. The number of rotatable bonds is 4. The molecule has 1 aromatic rings. The van der Waals surface area contributed by atoms with Crippen molar-refractivity contribution in [1.29, 1.82) is 0 Å². The van der Waals surface area contributed by atoms with E-state index in [0.717, 1.165) is 19.5 Å². The molecule has 1 saturated heterocycles. The smallest absolute Gasteiger partial charge is 0.254 e. The van der Waals surface area contributed by atoms with E-state index in [1.807, 2.05) is 4.90 Å². The second-order valence-electron chi connectivity index (χ2n) is 4.67. The van der Waals surface area contributed by atoms with Gasteiger partial charge in [-0.25, -0.2) is 4.98 Å². The lowest BCUT2D eigenvalue weighted by Gasteiger charge is -2.17. The van der Waals surface area contributed by atoms with E-state index in [4.69, 9.17) is 16.3 Å². The average Bonchev–Trinajstić information content (AvgIpc) is 2.86. The number of ether oxygens (including phenoxy) is 1. The number of aromatic nitrogens is 1. The highest BCUT2D eigenvalue weighted by Crippen LogP contribution is 2.21. The van der Waals surface area contributed by atoms with Crippen molar-refractivity contribution >= 4 is 23.3 Å². The highest BCUT2D eigenvalue weighted by Gasteiger charge is 2.27. The van der Waals surface area contributed by atoms with Crippen LogP contribution in [0.3, 0.4) is 0 Å². The zero-order valence-electron chi connectivity index (χ0n) is 11.1. The number of amides is 1. The number of anilines is 1. The lowest BCUT2D eigenvalue weighted by molar-refractivity contribution is 0.0775. The molecule has 1 fully saturated rings. The molecular formula is C13H18ClN3O2. The number of likely N-dealkylation sites (tertiary alicyclic amines) is 1. The van der Waals surface area contributed by atoms with Gasteiger partial charge in [-0.3, -0.25) is 4.79 Å². The Morgan fingerprint density at radius 1 is 1.63 bits per heavy atom. The Kier molecular flexibility index (Phi) is 4.61. The van der Waals surface area contributed by atoms with Gasteiger partial charge in [0, 0.05) is 38.7 Å². The quantitative estimate of drug-likeness (QED) is 0.858. The lowest BCUT2D eigenvalue weighted by Crippen LogP contribution is -2.29. The summed E-state index contributed by atoms with van der Waals surface area (Å²) in [6, 6.07) is 3.33. The molecule has 1 amide bonds. The molecule has 2 rings (SSSR count). The molecule has 1 N–H and O–H groups in total. The van der Waals surface area contributed by atoms with Gasteiger partial charge in [-0.15, -0.1) is 0 Å². The van der Waals surface area contributed by atoms with Crippen LogP contribution in [0.1, 0.15) is 16.8 Å². The first kappa shape index (κ1) is 14.1. The van der Waals surface area contributed by atoms with Gasteiger partial charge in [0.25, 0.3) is 5.91 Å². The number of nitrogens with one attached hydrogen (secondary N) is 1. The molecule has 104 valence electrons. The van der Waals surface area contributed by atoms with Crippen LogP contribution in [0.15, 0.2) is 12.1 Å². The van der Waals surface area contributed by atoms with Gasteiger partial charge in [-0.2, -0.15) is 0 Å². The van der Waals surface area contributed by atoms with Gasteiger partial charge < -0.3 is 15.0 Å². The summed E-state index contributed by atoms with van der Waals surface area (Å²) in [5.74, 6) is 1.03. The summed E-state index contributed by atoms with van der Waals surface area (Å²) >= 11 is 5.92. The highest BCUT2D eigenvalue weighted by molar-refractivity contribution is 6.29. The molecule has 5 nitrogen and oxygen atoms in total. The zero-order chi connectivity index (χ0) is 13.8. The Balaban J connectivity index is 2.10. The molecule has 0 aromatic carbocycles. The first-order valence-electron chi connectivity index (χ1n) is 6.27. The second-order valence-corrected chi connectivity index (χ2v) is 5.06. The van der Waals surface area contributed by atoms with E-state index in [-0.39, 0.29) is 5.91 Å². The molecule has 1 aromatic heterocycles. The van der Waals surface area contributed by atoms with Crippen molar-refractivity contribution in [3.8, 4) is 0 Å². The molecule has 1 aliphatic rings. The summed E-state index contributed by atoms with van der Waals surface area (Å²) in [5.41, 5.74) is 0.572. The molecule has 19 heavy (non-hydrogen) atoms. The van der Waals surface area contributed by atoms with Gasteiger partial charge in [-0.05, 0) is 18.6 Å². The van der Waals surface area contributed by atoms with Crippen LogP contribution in [0, 0.1) is 5.92 Å². The average molecular weight is 284 g/mol. The predicted molar refractivity (Wildman–Crippen MR) is 74.7 cm³/mol. The van der Waals surface area contributed by atoms with Crippen molar-refractivity contribution in [2.24, 2.45) is 5.92 Å². The second kappa shape index (κ2) is 6.21. The van der Waals surface area contributed by atoms with Crippen molar-refractivity contribution in [2.45, 2.75) is 6.42 Å². The number of halogens is 1. The van der Waals surface area contributed by atoms with Crippen LogP contribution in [-0.2, 0) is 4.74 Å².